The molecule has 122 valence electrons. The number of hydrogen-bond donors (Lipinski definition) is 1. The lowest BCUT2D eigenvalue weighted by molar-refractivity contribution is -0.384. The van der Waals surface area contributed by atoms with Crippen molar-refractivity contribution in [2.45, 2.75) is 38.0 Å². The van der Waals surface area contributed by atoms with Crippen molar-refractivity contribution in [1.82, 2.24) is 9.78 Å². The van der Waals surface area contributed by atoms with Crippen LogP contribution in [0.25, 0.3) is 0 Å². The Labute approximate surface area is 135 Å². The first-order valence-corrected chi connectivity index (χ1v) is 8.01. The maximum absolute atomic E-state index is 11.3. The van der Waals surface area contributed by atoms with E-state index in [2.05, 4.69) is 34.7 Å². The number of nitrogens with one attached hydrogen (secondary N) is 1. The summed E-state index contributed by atoms with van der Waals surface area (Å²) in [5.74, 6) is 0.495. The molecular formula is C17H22N4O2. The molecule has 1 aromatic heterocycles. The van der Waals surface area contributed by atoms with Crippen molar-refractivity contribution in [2.75, 3.05) is 11.9 Å². The first kappa shape index (κ1) is 15.5. The number of benzene rings is 1. The van der Waals surface area contributed by atoms with Crippen molar-refractivity contribution >= 4 is 11.5 Å². The molecule has 1 heterocycles. The summed E-state index contributed by atoms with van der Waals surface area (Å²) in [6.07, 6.45) is 4.61. The van der Waals surface area contributed by atoms with E-state index in [0.717, 1.165) is 12.8 Å². The van der Waals surface area contributed by atoms with Crippen molar-refractivity contribution < 1.29 is 4.92 Å². The number of anilines is 1. The van der Waals surface area contributed by atoms with Gasteiger partial charge in [0.25, 0.3) is 0 Å². The monoisotopic (exact) mass is 314 g/mol. The highest BCUT2D eigenvalue weighted by Crippen LogP contribution is 2.41. The number of rotatable bonds is 5. The van der Waals surface area contributed by atoms with E-state index in [4.69, 9.17) is 0 Å². The molecule has 1 aliphatic rings. The van der Waals surface area contributed by atoms with Gasteiger partial charge in [0.2, 0.25) is 5.82 Å². The minimum Gasteiger partial charge on any atom is -0.364 e. The van der Waals surface area contributed by atoms with Crippen molar-refractivity contribution in [3.05, 3.63) is 51.7 Å². The first-order valence-electron chi connectivity index (χ1n) is 8.01. The average Bonchev–Trinajstić information content (AvgIpc) is 3.11. The van der Waals surface area contributed by atoms with Crippen LogP contribution in [0.1, 0.15) is 36.9 Å². The highest BCUT2D eigenvalue weighted by atomic mass is 16.6. The van der Waals surface area contributed by atoms with Gasteiger partial charge in [0.1, 0.15) is 5.69 Å². The van der Waals surface area contributed by atoms with E-state index in [0.29, 0.717) is 18.1 Å². The van der Waals surface area contributed by atoms with E-state index in [1.807, 2.05) is 6.07 Å². The van der Waals surface area contributed by atoms with E-state index in [1.165, 1.54) is 18.4 Å². The van der Waals surface area contributed by atoms with E-state index in [1.54, 1.807) is 18.7 Å². The largest absolute Gasteiger partial charge is 0.364 e. The van der Waals surface area contributed by atoms with Crippen molar-refractivity contribution in [1.29, 1.82) is 0 Å². The fourth-order valence-electron chi connectivity index (χ4n) is 3.73. The Kier molecular flexibility index (Phi) is 4.07. The molecule has 0 spiro atoms. The molecule has 1 fully saturated rings. The summed E-state index contributed by atoms with van der Waals surface area (Å²) in [4.78, 5) is 11.0. The molecule has 1 N–H and O–H groups in total. The third-order valence-electron chi connectivity index (χ3n) is 4.91. The van der Waals surface area contributed by atoms with Gasteiger partial charge in [-0.1, -0.05) is 43.2 Å². The zero-order chi connectivity index (χ0) is 16.4. The van der Waals surface area contributed by atoms with Crippen LogP contribution in [-0.4, -0.2) is 21.2 Å². The predicted octanol–water partition coefficient (Wildman–Crippen LogP) is 3.56. The summed E-state index contributed by atoms with van der Waals surface area (Å²) >= 11 is 0. The normalized spacial score (nSPS) is 16.4. The molecule has 6 nitrogen and oxygen atoms in total. The Morgan fingerprint density at radius 2 is 1.96 bits per heavy atom. The zero-order valence-corrected chi connectivity index (χ0v) is 13.6. The van der Waals surface area contributed by atoms with Crippen molar-refractivity contribution in [3.8, 4) is 0 Å². The number of aryl methyl sites for hydroxylation is 2. The molecule has 1 aromatic carbocycles. The second-order valence-corrected chi connectivity index (χ2v) is 6.37. The number of nitrogens with zero attached hydrogens (tertiary/aromatic N) is 3. The zero-order valence-electron chi connectivity index (χ0n) is 13.6. The lowest BCUT2D eigenvalue weighted by Crippen LogP contribution is -2.32. The Balaban J connectivity index is 1.88. The summed E-state index contributed by atoms with van der Waals surface area (Å²) in [6.45, 7) is 2.36. The highest BCUT2D eigenvalue weighted by molar-refractivity contribution is 5.59. The summed E-state index contributed by atoms with van der Waals surface area (Å²) in [6, 6.07) is 10.5. The molecule has 0 bridgehead atoms. The Morgan fingerprint density at radius 1 is 1.30 bits per heavy atom. The van der Waals surface area contributed by atoms with E-state index in [9.17, 15) is 10.1 Å². The van der Waals surface area contributed by atoms with Gasteiger partial charge in [-0.3, -0.25) is 10.1 Å². The highest BCUT2D eigenvalue weighted by Gasteiger charge is 2.36. The van der Waals surface area contributed by atoms with Gasteiger partial charge in [0, 0.05) is 19.0 Å². The van der Waals surface area contributed by atoms with Gasteiger partial charge >= 0.3 is 5.69 Å². The molecule has 0 amide bonds. The van der Waals surface area contributed by atoms with Crippen molar-refractivity contribution in [2.24, 2.45) is 7.05 Å². The minimum atomic E-state index is -0.353. The smallest absolute Gasteiger partial charge is 0.333 e. The Hall–Kier alpha value is -2.37. The predicted molar refractivity (Wildman–Crippen MR) is 89.7 cm³/mol. The maximum Gasteiger partial charge on any atom is 0.333 e. The quantitative estimate of drug-likeness (QED) is 0.676. The van der Waals surface area contributed by atoms with E-state index in [-0.39, 0.29) is 16.0 Å². The summed E-state index contributed by atoms with van der Waals surface area (Å²) in [5.41, 5.74) is 1.88. The van der Waals surface area contributed by atoms with Gasteiger partial charge in [0.15, 0.2) is 0 Å². The number of aromatic nitrogens is 2. The molecule has 0 radical (unpaired) electrons. The lowest BCUT2D eigenvalue weighted by Gasteiger charge is -2.30. The summed E-state index contributed by atoms with van der Waals surface area (Å²) in [7, 11) is 1.74. The number of hydrogen-bond acceptors (Lipinski definition) is 4. The standard InChI is InChI=1S/C17H22N4O2/c1-13-15(21(22)23)16(20(2)19-13)18-12-17(10-6-7-11-17)14-8-4-3-5-9-14/h3-5,8-9,18H,6-7,10-12H2,1-2H3. The molecule has 0 saturated heterocycles. The van der Waals surface area contributed by atoms with Crippen LogP contribution in [0.2, 0.25) is 0 Å². The minimum absolute atomic E-state index is 0.0489. The van der Waals surface area contributed by atoms with Crippen LogP contribution in [0.5, 0.6) is 0 Å². The molecule has 23 heavy (non-hydrogen) atoms. The molecule has 1 saturated carbocycles. The third kappa shape index (κ3) is 2.81. The summed E-state index contributed by atoms with van der Waals surface area (Å²) < 4.78 is 1.57. The van der Waals surface area contributed by atoms with Crippen LogP contribution in [0.15, 0.2) is 30.3 Å². The lowest BCUT2D eigenvalue weighted by atomic mass is 9.79. The molecule has 2 aromatic rings. The maximum atomic E-state index is 11.3. The molecular weight excluding hydrogens is 292 g/mol. The Bertz CT molecular complexity index is 703. The number of nitro groups is 1. The van der Waals surface area contributed by atoms with Gasteiger partial charge in [0.05, 0.1) is 4.92 Å². The second-order valence-electron chi connectivity index (χ2n) is 6.37. The summed E-state index contributed by atoms with van der Waals surface area (Å²) in [5, 5.41) is 18.8. The topological polar surface area (TPSA) is 73.0 Å². The SMILES string of the molecule is Cc1nn(C)c(NCC2(c3ccccc3)CCCC2)c1[N+](=O)[O-]. The molecule has 1 aliphatic carbocycles. The van der Waals surface area contributed by atoms with Crippen molar-refractivity contribution in [3.63, 3.8) is 0 Å². The van der Waals surface area contributed by atoms with Gasteiger partial charge in [-0.05, 0) is 25.3 Å². The van der Waals surface area contributed by atoms with Gasteiger partial charge in [-0.15, -0.1) is 0 Å². The second kappa shape index (κ2) is 6.02. The molecule has 0 unspecified atom stereocenters. The van der Waals surface area contributed by atoms with Crippen LogP contribution in [0.3, 0.4) is 0 Å². The fourth-order valence-corrected chi connectivity index (χ4v) is 3.73. The van der Waals surface area contributed by atoms with Gasteiger partial charge in [-0.2, -0.15) is 5.10 Å². The Morgan fingerprint density at radius 3 is 2.57 bits per heavy atom. The van der Waals surface area contributed by atoms with Gasteiger partial charge < -0.3 is 5.32 Å². The van der Waals surface area contributed by atoms with Crippen LogP contribution < -0.4 is 5.32 Å². The van der Waals surface area contributed by atoms with Crippen LogP contribution in [-0.2, 0) is 12.5 Å². The van der Waals surface area contributed by atoms with Crippen LogP contribution in [0.4, 0.5) is 11.5 Å². The van der Waals surface area contributed by atoms with Gasteiger partial charge in [-0.25, -0.2) is 4.68 Å². The van der Waals surface area contributed by atoms with E-state index < -0.39 is 0 Å². The third-order valence-corrected chi connectivity index (χ3v) is 4.91. The fraction of sp³-hybridized carbons (Fsp3) is 0.471. The average molecular weight is 314 g/mol. The molecule has 0 atom stereocenters. The first-order chi connectivity index (χ1) is 11.0. The molecule has 6 heteroatoms. The van der Waals surface area contributed by atoms with E-state index >= 15 is 0 Å². The van der Waals surface area contributed by atoms with Crippen LogP contribution in [0, 0.1) is 17.0 Å². The molecule has 0 aliphatic heterocycles. The molecule has 3 rings (SSSR count). The van der Waals surface area contributed by atoms with Crippen LogP contribution >= 0.6 is 0 Å².